The zero-order valence-corrected chi connectivity index (χ0v) is 13.4. The first-order valence-electron chi connectivity index (χ1n) is 6.96. The molecule has 0 aliphatic rings. The second-order valence-electron chi connectivity index (χ2n) is 6.04. The van der Waals surface area contributed by atoms with Gasteiger partial charge in [-0.1, -0.05) is 30.3 Å². The van der Waals surface area contributed by atoms with Gasteiger partial charge in [-0.05, 0) is 26.3 Å². The van der Waals surface area contributed by atoms with E-state index in [9.17, 15) is 14.7 Å². The maximum atomic E-state index is 11.8. The van der Waals surface area contributed by atoms with E-state index in [1.54, 1.807) is 51.1 Å². The number of amides is 1. The number of carbonyl (C=O) groups excluding carboxylic acids is 1. The highest BCUT2D eigenvalue weighted by molar-refractivity contribution is 5.83. The smallest absolute Gasteiger partial charge is 0.407 e. The number of alkyl carbamates (subject to hydrolysis) is 1. The Balaban J connectivity index is 2.97. The molecule has 1 rings (SSSR count). The fourth-order valence-corrected chi connectivity index (χ4v) is 2.04. The molecule has 1 aromatic carbocycles. The number of hydrogen-bond donors (Lipinski definition) is 2. The van der Waals surface area contributed by atoms with Crippen molar-refractivity contribution in [3.05, 3.63) is 35.9 Å². The first-order chi connectivity index (χ1) is 10.2. The summed E-state index contributed by atoms with van der Waals surface area (Å²) in [6, 6.07) is 8.68. The van der Waals surface area contributed by atoms with E-state index < -0.39 is 23.1 Å². The highest BCUT2D eigenvalue weighted by atomic mass is 16.6. The topological polar surface area (TPSA) is 84.9 Å². The molecule has 0 radical (unpaired) electrons. The van der Waals surface area contributed by atoms with Gasteiger partial charge in [0.2, 0.25) is 0 Å². The lowest BCUT2D eigenvalue weighted by Gasteiger charge is -2.30. The van der Waals surface area contributed by atoms with Gasteiger partial charge < -0.3 is 19.9 Å². The van der Waals surface area contributed by atoms with E-state index in [0.717, 1.165) is 0 Å². The van der Waals surface area contributed by atoms with Crippen molar-refractivity contribution >= 4 is 12.1 Å². The summed E-state index contributed by atoms with van der Waals surface area (Å²) in [5, 5.41) is 12.2. The lowest BCUT2D eigenvalue weighted by atomic mass is 9.81. The third-order valence-electron chi connectivity index (χ3n) is 3.06. The molecule has 0 fully saturated rings. The van der Waals surface area contributed by atoms with Gasteiger partial charge in [0.1, 0.15) is 11.0 Å². The first-order valence-corrected chi connectivity index (χ1v) is 6.96. The minimum Gasteiger partial charge on any atom is -0.480 e. The van der Waals surface area contributed by atoms with E-state index in [1.165, 1.54) is 7.11 Å². The standard InChI is InChI=1S/C16H23NO5/c1-15(2,3)22-14(20)17-10-16(11-21-4,13(18)19)12-8-6-5-7-9-12/h5-9H,10-11H2,1-4H3,(H,17,20)(H,18,19). The van der Waals surface area contributed by atoms with Gasteiger partial charge in [-0.3, -0.25) is 4.79 Å². The maximum Gasteiger partial charge on any atom is 0.407 e. The van der Waals surface area contributed by atoms with Crippen molar-refractivity contribution in [3.8, 4) is 0 Å². The van der Waals surface area contributed by atoms with E-state index in [0.29, 0.717) is 5.56 Å². The lowest BCUT2D eigenvalue weighted by Crippen LogP contribution is -2.50. The van der Waals surface area contributed by atoms with E-state index in [1.807, 2.05) is 0 Å². The monoisotopic (exact) mass is 309 g/mol. The average molecular weight is 309 g/mol. The molecule has 0 aromatic heterocycles. The average Bonchev–Trinajstić information content (AvgIpc) is 2.42. The molecule has 122 valence electrons. The van der Waals surface area contributed by atoms with Crippen LogP contribution in [0.25, 0.3) is 0 Å². The molecule has 1 amide bonds. The fourth-order valence-electron chi connectivity index (χ4n) is 2.04. The van der Waals surface area contributed by atoms with E-state index in [2.05, 4.69) is 5.32 Å². The number of carboxylic acid groups (broad SMARTS) is 1. The Morgan fingerprint density at radius 2 is 1.77 bits per heavy atom. The van der Waals surface area contributed by atoms with Gasteiger partial charge in [0, 0.05) is 13.7 Å². The molecule has 0 heterocycles. The summed E-state index contributed by atoms with van der Waals surface area (Å²) < 4.78 is 10.2. The highest BCUT2D eigenvalue weighted by Gasteiger charge is 2.41. The van der Waals surface area contributed by atoms with E-state index in [4.69, 9.17) is 9.47 Å². The Labute approximate surface area is 130 Å². The number of hydrogen-bond acceptors (Lipinski definition) is 4. The van der Waals surface area contributed by atoms with Crippen LogP contribution >= 0.6 is 0 Å². The van der Waals surface area contributed by atoms with Crippen LogP contribution in [0, 0.1) is 0 Å². The summed E-state index contributed by atoms with van der Waals surface area (Å²) in [5.74, 6) is -1.07. The number of methoxy groups -OCH3 is 1. The normalized spacial score (nSPS) is 14.0. The SMILES string of the molecule is COCC(CNC(=O)OC(C)(C)C)(C(=O)O)c1ccccc1. The van der Waals surface area contributed by atoms with Crippen molar-refractivity contribution in [2.45, 2.75) is 31.8 Å². The van der Waals surface area contributed by atoms with Crippen LogP contribution in [0.3, 0.4) is 0 Å². The van der Waals surface area contributed by atoms with Gasteiger partial charge >= 0.3 is 12.1 Å². The molecule has 22 heavy (non-hydrogen) atoms. The quantitative estimate of drug-likeness (QED) is 0.841. The molecule has 0 bridgehead atoms. The molecule has 0 saturated carbocycles. The van der Waals surface area contributed by atoms with E-state index in [-0.39, 0.29) is 13.2 Å². The van der Waals surface area contributed by atoms with Crippen molar-refractivity contribution < 1.29 is 24.2 Å². The molecular formula is C16H23NO5. The van der Waals surface area contributed by atoms with Crippen LogP contribution in [0.2, 0.25) is 0 Å². The van der Waals surface area contributed by atoms with Crippen molar-refractivity contribution in [1.29, 1.82) is 0 Å². The number of rotatable bonds is 6. The Kier molecular flexibility index (Phi) is 5.93. The van der Waals surface area contributed by atoms with Crippen LogP contribution in [0.15, 0.2) is 30.3 Å². The second-order valence-corrected chi connectivity index (χ2v) is 6.04. The minimum atomic E-state index is -1.37. The van der Waals surface area contributed by atoms with Gasteiger partial charge in [0.25, 0.3) is 0 Å². The predicted octanol–water partition coefficient (Wildman–Crippen LogP) is 2.18. The van der Waals surface area contributed by atoms with Crippen LogP contribution in [-0.2, 0) is 19.7 Å². The molecule has 6 heteroatoms. The minimum absolute atomic E-state index is 0.0673. The summed E-state index contributed by atoms with van der Waals surface area (Å²) in [7, 11) is 1.42. The summed E-state index contributed by atoms with van der Waals surface area (Å²) in [6.07, 6.45) is -0.662. The molecule has 1 atom stereocenters. The van der Waals surface area contributed by atoms with Crippen LogP contribution in [0.4, 0.5) is 4.79 Å². The zero-order valence-electron chi connectivity index (χ0n) is 13.4. The van der Waals surface area contributed by atoms with Gasteiger partial charge in [-0.25, -0.2) is 4.79 Å². The number of carboxylic acids is 1. The molecule has 6 nitrogen and oxygen atoms in total. The van der Waals surface area contributed by atoms with Crippen molar-refractivity contribution in [3.63, 3.8) is 0 Å². The van der Waals surface area contributed by atoms with Gasteiger partial charge in [-0.2, -0.15) is 0 Å². The number of ether oxygens (including phenoxy) is 2. The van der Waals surface area contributed by atoms with Gasteiger partial charge in [-0.15, -0.1) is 0 Å². The Morgan fingerprint density at radius 1 is 1.18 bits per heavy atom. The highest BCUT2D eigenvalue weighted by Crippen LogP contribution is 2.25. The molecule has 0 saturated heterocycles. The lowest BCUT2D eigenvalue weighted by molar-refractivity contribution is -0.145. The number of nitrogens with one attached hydrogen (secondary N) is 1. The predicted molar refractivity (Wildman–Crippen MR) is 81.9 cm³/mol. The molecule has 0 spiro atoms. The number of aliphatic carboxylic acids is 1. The molecule has 1 unspecified atom stereocenters. The van der Waals surface area contributed by atoms with Crippen LogP contribution in [0.1, 0.15) is 26.3 Å². The molecule has 0 aliphatic carbocycles. The van der Waals surface area contributed by atoms with E-state index >= 15 is 0 Å². The third-order valence-corrected chi connectivity index (χ3v) is 3.06. The second kappa shape index (κ2) is 7.26. The molecular weight excluding hydrogens is 286 g/mol. The van der Waals surface area contributed by atoms with Crippen LogP contribution in [-0.4, -0.2) is 43.0 Å². The summed E-state index contributed by atoms with van der Waals surface area (Å²) in [4.78, 5) is 23.6. The van der Waals surface area contributed by atoms with Crippen molar-refractivity contribution in [2.75, 3.05) is 20.3 Å². The fraction of sp³-hybridized carbons (Fsp3) is 0.500. The van der Waals surface area contributed by atoms with Gasteiger partial charge in [0.15, 0.2) is 0 Å². The Bertz CT molecular complexity index is 509. The molecule has 2 N–H and O–H groups in total. The Hall–Kier alpha value is -2.08. The maximum absolute atomic E-state index is 11.8. The Morgan fingerprint density at radius 3 is 2.23 bits per heavy atom. The van der Waals surface area contributed by atoms with Gasteiger partial charge in [0.05, 0.1) is 6.61 Å². The van der Waals surface area contributed by atoms with Crippen molar-refractivity contribution in [2.24, 2.45) is 0 Å². The number of benzene rings is 1. The van der Waals surface area contributed by atoms with Crippen LogP contribution in [0.5, 0.6) is 0 Å². The molecule has 1 aromatic rings. The van der Waals surface area contributed by atoms with Crippen LogP contribution < -0.4 is 5.32 Å². The van der Waals surface area contributed by atoms with Crippen molar-refractivity contribution in [1.82, 2.24) is 5.32 Å². The largest absolute Gasteiger partial charge is 0.480 e. The molecule has 0 aliphatic heterocycles. The first kappa shape index (κ1) is 18.0. The summed E-state index contributed by atoms with van der Waals surface area (Å²) >= 11 is 0. The summed E-state index contributed by atoms with van der Waals surface area (Å²) in [6.45, 7) is 5.02. The zero-order chi connectivity index (χ0) is 16.8. The number of carbonyl (C=O) groups is 2. The third kappa shape index (κ3) is 4.73. The summed E-state index contributed by atoms with van der Waals surface area (Å²) in [5.41, 5.74) is -1.46.